The minimum absolute atomic E-state index is 0.0381. The summed E-state index contributed by atoms with van der Waals surface area (Å²) in [5.41, 5.74) is 0. The summed E-state index contributed by atoms with van der Waals surface area (Å²) in [6.07, 6.45) is 64.0. The fourth-order valence-electron chi connectivity index (χ4n) is 9.90. The molecule has 0 aromatic heterocycles. The molecule has 1 rings (SSSR count). The van der Waals surface area contributed by atoms with E-state index in [1.54, 1.807) is 0 Å². The molecule has 0 aliphatic carbocycles. The van der Waals surface area contributed by atoms with Crippen molar-refractivity contribution in [3.63, 3.8) is 0 Å². The highest BCUT2D eigenvalue weighted by Gasteiger charge is 2.50. The number of aliphatic hydroxyl groups excluding tert-OH is 2. The second-order valence-electron chi connectivity index (χ2n) is 22.7. The number of aliphatic hydroxyl groups is 2. The van der Waals surface area contributed by atoms with Gasteiger partial charge < -0.3 is 39.0 Å². The predicted octanol–water partition coefficient (Wildman–Crippen LogP) is 18.2. The Labute approximate surface area is 505 Å². The Morgan fingerprint density at radius 1 is 0.410 bits per heavy atom. The molecule has 6 unspecified atom stereocenters. The molecule has 0 bridgehead atoms. The number of allylic oxidation sites excluding steroid dienone is 14. The summed E-state index contributed by atoms with van der Waals surface area (Å²) in [6, 6.07) is 0. The first kappa shape index (κ1) is 76.9. The summed E-state index contributed by atoms with van der Waals surface area (Å²) in [5.74, 6) is -3.14. The number of carbonyl (C=O) groups is 4. The average molecular weight is 1170 g/mol. The molecule has 3 N–H and O–H groups in total. The summed E-state index contributed by atoms with van der Waals surface area (Å²) in [4.78, 5) is 51.4. The summed E-state index contributed by atoms with van der Waals surface area (Å²) in [5, 5.41) is 31.6. The van der Waals surface area contributed by atoms with E-state index in [-0.39, 0.29) is 25.9 Å². The van der Waals surface area contributed by atoms with Crippen LogP contribution in [0, 0.1) is 0 Å². The number of carboxylic acids is 1. The van der Waals surface area contributed by atoms with E-state index in [9.17, 15) is 34.5 Å². The van der Waals surface area contributed by atoms with Crippen molar-refractivity contribution in [2.75, 3.05) is 13.2 Å². The fourth-order valence-corrected chi connectivity index (χ4v) is 9.90. The number of carboxylic acid groups (broad SMARTS) is 1. The van der Waals surface area contributed by atoms with Crippen LogP contribution in [0.4, 0.5) is 0 Å². The zero-order valence-corrected chi connectivity index (χ0v) is 52.7. The number of esters is 3. The van der Waals surface area contributed by atoms with E-state index in [1.807, 2.05) is 0 Å². The van der Waals surface area contributed by atoms with Crippen molar-refractivity contribution in [2.24, 2.45) is 0 Å². The molecule has 12 heteroatoms. The molecule has 12 nitrogen and oxygen atoms in total. The summed E-state index contributed by atoms with van der Waals surface area (Å²) in [6.45, 7) is 5.79. The van der Waals surface area contributed by atoms with Gasteiger partial charge in [0, 0.05) is 19.3 Å². The molecule has 6 atom stereocenters. The van der Waals surface area contributed by atoms with Gasteiger partial charge in [-0.25, -0.2) is 4.79 Å². The number of hydrogen-bond acceptors (Lipinski definition) is 11. The number of ether oxygens (including phenoxy) is 5. The number of hydrogen-bond donors (Lipinski definition) is 3. The van der Waals surface area contributed by atoms with Gasteiger partial charge in [0.25, 0.3) is 0 Å². The van der Waals surface area contributed by atoms with E-state index in [0.29, 0.717) is 19.3 Å². The standard InChI is InChI=1S/C71H120O12/c1-4-7-10-13-16-19-22-25-28-30-32-34-37-39-42-45-48-51-54-57-63(72)79-60-62(81-64(73)58-55-52-49-46-43-41-38-35-33-31-29-26-23-20-17-14-11-8-5-2)61-80-71-69(67(76)66(75)68(83-71)70(77)78)82-65(74)59-56-53-50-47-44-40-36-27-24-21-18-15-12-9-6-3/h7,9-10,12,16,18-19,21,25,27-28,32,34,36,62,66-69,71,75-76H,4-6,8,11,13-15,17,20,22-24,26,29-31,33,35,37-61H2,1-3H3,(H,77,78)/b10-7-,12-9-,19-16-,21-18-,28-25-,34-32-,36-27-. The van der Waals surface area contributed by atoms with Crippen LogP contribution >= 0.6 is 0 Å². The van der Waals surface area contributed by atoms with Crippen molar-refractivity contribution in [2.45, 2.75) is 327 Å². The molecule has 476 valence electrons. The normalized spacial score (nSPS) is 18.1. The maximum Gasteiger partial charge on any atom is 0.335 e. The number of rotatable bonds is 57. The van der Waals surface area contributed by atoms with Gasteiger partial charge in [-0.3, -0.25) is 14.4 Å². The molecule has 0 aromatic carbocycles. The Hall–Kier alpha value is -4.10. The molecule has 1 saturated heterocycles. The molecule has 0 spiro atoms. The van der Waals surface area contributed by atoms with Crippen molar-refractivity contribution < 1.29 is 58.2 Å². The van der Waals surface area contributed by atoms with Gasteiger partial charge in [0.15, 0.2) is 24.6 Å². The number of carbonyl (C=O) groups excluding carboxylic acids is 3. The zero-order valence-electron chi connectivity index (χ0n) is 52.7. The third-order valence-corrected chi connectivity index (χ3v) is 15.0. The van der Waals surface area contributed by atoms with Gasteiger partial charge in [-0.1, -0.05) is 266 Å². The molecular formula is C71H120O12. The SMILES string of the molecule is CC/C=C\C/C=C\C/C=C\C/C=C\CCCCCCCCC(=O)OCC(COC1OC(C(=O)O)C(O)C(O)C1OC(=O)CCCCCCC/C=C\C/C=C\C/C=C\CC)OC(=O)CCCCCCCCCCCCCCCCCCCCC. The first-order valence-corrected chi connectivity index (χ1v) is 33.6. The van der Waals surface area contributed by atoms with Crippen LogP contribution in [0.1, 0.15) is 290 Å². The van der Waals surface area contributed by atoms with E-state index in [1.165, 1.54) is 96.3 Å². The third kappa shape index (κ3) is 47.8. The van der Waals surface area contributed by atoms with Gasteiger partial charge in [0.2, 0.25) is 0 Å². The van der Waals surface area contributed by atoms with Gasteiger partial charge in [-0.2, -0.15) is 0 Å². The lowest BCUT2D eigenvalue weighted by Gasteiger charge is -2.40. The lowest BCUT2D eigenvalue weighted by Crippen LogP contribution is -2.61. The second-order valence-corrected chi connectivity index (χ2v) is 22.7. The smallest absolute Gasteiger partial charge is 0.335 e. The van der Waals surface area contributed by atoms with Crippen molar-refractivity contribution in [3.8, 4) is 0 Å². The summed E-state index contributed by atoms with van der Waals surface area (Å²) >= 11 is 0. The van der Waals surface area contributed by atoms with E-state index in [2.05, 4.69) is 106 Å². The first-order chi connectivity index (χ1) is 40.6. The van der Waals surface area contributed by atoms with Gasteiger partial charge in [-0.15, -0.1) is 0 Å². The molecule has 1 aliphatic rings. The molecule has 1 fully saturated rings. The molecule has 0 aromatic rings. The van der Waals surface area contributed by atoms with E-state index in [0.717, 1.165) is 135 Å². The molecule has 0 saturated carbocycles. The Kier molecular flexibility index (Phi) is 54.0. The van der Waals surface area contributed by atoms with Crippen LogP contribution < -0.4 is 0 Å². The highest BCUT2D eigenvalue weighted by molar-refractivity contribution is 5.74. The fraction of sp³-hybridized carbons (Fsp3) is 0.746. The van der Waals surface area contributed by atoms with Crippen LogP contribution in [-0.4, -0.2) is 89.2 Å². The average Bonchev–Trinajstić information content (AvgIpc) is 3.58. The summed E-state index contributed by atoms with van der Waals surface area (Å²) < 4.78 is 28.6. The molecule has 0 radical (unpaired) electrons. The summed E-state index contributed by atoms with van der Waals surface area (Å²) in [7, 11) is 0. The molecule has 1 aliphatic heterocycles. The molecule has 1 heterocycles. The first-order valence-electron chi connectivity index (χ1n) is 33.6. The molecular weight excluding hydrogens is 1040 g/mol. The zero-order chi connectivity index (χ0) is 60.3. The van der Waals surface area contributed by atoms with Crippen LogP contribution in [0.15, 0.2) is 85.1 Å². The largest absolute Gasteiger partial charge is 0.479 e. The lowest BCUT2D eigenvalue weighted by atomic mass is 9.98. The minimum atomic E-state index is -1.91. The quantitative estimate of drug-likeness (QED) is 0.0228. The van der Waals surface area contributed by atoms with Crippen molar-refractivity contribution in [3.05, 3.63) is 85.1 Å². The van der Waals surface area contributed by atoms with Gasteiger partial charge in [0.05, 0.1) is 6.61 Å². The molecule has 0 amide bonds. The Balaban J connectivity index is 2.66. The van der Waals surface area contributed by atoms with Crippen molar-refractivity contribution in [1.82, 2.24) is 0 Å². The van der Waals surface area contributed by atoms with Crippen molar-refractivity contribution in [1.29, 1.82) is 0 Å². The maximum absolute atomic E-state index is 13.2. The van der Waals surface area contributed by atoms with E-state index >= 15 is 0 Å². The number of aliphatic carboxylic acids is 1. The Morgan fingerprint density at radius 3 is 1.16 bits per heavy atom. The highest BCUT2D eigenvalue weighted by atomic mass is 16.7. The lowest BCUT2D eigenvalue weighted by molar-refractivity contribution is -0.301. The minimum Gasteiger partial charge on any atom is -0.479 e. The monoisotopic (exact) mass is 1160 g/mol. The second kappa shape index (κ2) is 58.3. The number of unbranched alkanes of at least 4 members (excludes halogenated alkanes) is 29. The van der Waals surface area contributed by atoms with Crippen LogP contribution in [0.25, 0.3) is 0 Å². The highest BCUT2D eigenvalue weighted by Crippen LogP contribution is 2.27. The van der Waals surface area contributed by atoms with Gasteiger partial charge in [0.1, 0.15) is 18.8 Å². The predicted molar refractivity (Wildman–Crippen MR) is 340 cm³/mol. The molecule has 83 heavy (non-hydrogen) atoms. The maximum atomic E-state index is 13.2. The van der Waals surface area contributed by atoms with Crippen LogP contribution in [0.3, 0.4) is 0 Å². The van der Waals surface area contributed by atoms with Crippen LogP contribution in [-0.2, 0) is 42.9 Å². The third-order valence-electron chi connectivity index (χ3n) is 15.0. The topological polar surface area (TPSA) is 175 Å². The van der Waals surface area contributed by atoms with Gasteiger partial charge >= 0.3 is 23.9 Å². The van der Waals surface area contributed by atoms with Gasteiger partial charge in [-0.05, 0) is 89.9 Å². The van der Waals surface area contributed by atoms with E-state index < -0.39 is 67.3 Å². The Bertz CT molecular complexity index is 1760. The van der Waals surface area contributed by atoms with Crippen molar-refractivity contribution >= 4 is 23.9 Å². The van der Waals surface area contributed by atoms with E-state index in [4.69, 9.17) is 23.7 Å². The van der Waals surface area contributed by atoms with Crippen LogP contribution in [0.2, 0.25) is 0 Å². The Morgan fingerprint density at radius 2 is 0.759 bits per heavy atom. The van der Waals surface area contributed by atoms with Crippen LogP contribution in [0.5, 0.6) is 0 Å².